The molecule has 1 aliphatic rings. The Kier molecular flexibility index (Phi) is 6.09. The fourth-order valence-corrected chi connectivity index (χ4v) is 5.87. The zero-order chi connectivity index (χ0) is 16.9. The highest BCUT2D eigenvalue weighted by molar-refractivity contribution is 7.76. The lowest BCUT2D eigenvalue weighted by Gasteiger charge is -2.36. The molecule has 0 amide bonds. The third kappa shape index (κ3) is 3.73. The lowest BCUT2D eigenvalue weighted by molar-refractivity contribution is 0.305. The minimum atomic E-state index is -0.519. The van der Waals surface area contributed by atoms with Gasteiger partial charge in [0.25, 0.3) is 0 Å². The molecule has 2 aromatic rings. The summed E-state index contributed by atoms with van der Waals surface area (Å²) >= 11 is 0. The van der Waals surface area contributed by atoms with E-state index in [9.17, 15) is 0 Å². The lowest BCUT2D eigenvalue weighted by Crippen LogP contribution is -2.35. The third-order valence-corrected chi connectivity index (χ3v) is 6.98. The van der Waals surface area contributed by atoms with Crippen molar-refractivity contribution in [1.29, 1.82) is 0 Å². The van der Waals surface area contributed by atoms with Gasteiger partial charge in [0.2, 0.25) is 0 Å². The van der Waals surface area contributed by atoms with Crippen LogP contribution in [0.15, 0.2) is 60.7 Å². The molecule has 0 aliphatic heterocycles. The summed E-state index contributed by atoms with van der Waals surface area (Å²) in [7, 11) is 3.84. The summed E-state index contributed by atoms with van der Waals surface area (Å²) < 4.78 is 0. The Labute approximate surface area is 148 Å². The first-order valence-electron chi connectivity index (χ1n) is 8.54. The van der Waals surface area contributed by atoms with Crippen LogP contribution in [0.3, 0.4) is 0 Å². The highest BCUT2D eigenvalue weighted by atomic mass is 31.1. The fraction of sp³-hybridized carbons (Fsp3) is 0.227. The summed E-state index contributed by atoms with van der Waals surface area (Å²) in [4.78, 5) is 2.34. The van der Waals surface area contributed by atoms with Crippen LogP contribution in [0.2, 0.25) is 0 Å². The molecule has 3 rings (SSSR count). The molecule has 1 nitrogen and oxygen atoms in total. The Morgan fingerprint density at radius 1 is 0.833 bits per heavy atom. The summed E-state index contributed by atoms with van der Waals surface area (Å²) in [5, 5.41) is 2.83. The first-order valence-corrected chi connectivity index (χ1v) is 9.88. The standard InChI is InChI=1S/C22H25NP/c1-4-21(23(2)3)20-16-11-17-22(20)24(18-12-7-5-8-13-18)19-14-9-6-10-15-19/h5-17,21H,4H2,1-3H3/t21-/m1/s1. The lowest BCUT2D eigenvalue weighted by atomic mass is 9.95. The molecule has 2 aromatic carbocycles. The maximum absolute atomic E-state index is 2.34. The predicted octanol–water partition coefficient (Wildman–Crippen LogP) is 4.19. The highest BCUT2D eigenvalue weighted by Gasteiger charge is 2.41. The molecule has 0 unspecified atom stereocenters. The Morgan fingerprint density at radius 2 is 1.38 bits per heavy atom. The van der Waals surface area contributed by atoms with Crippen LogP contribution >= 0.6 is 7.92 Å². The van der Waals surface area contributed by atoms with Gasteiger partial charge in [-0.15, -0.1) is 0 Å². The monoisotopic (exact) mass is 334 g/mol. The summed E-state index contributed by atoms with van der Waals surface area (Å²) in [6, 6.07) is 22.4. The van der Waals surface area contributed by atoms with E-state index >= 15 is 0 Å². The van der Waals surface area contributed by atoms with Gasteiger partial charge in [-0.2, -0.15) is 0 Å². The number of nitrogens with zero attached hydrogens (tertiary/aromatic N) is 1. The maximum Gasteiger partial charge on any atom is 0.0211 e. The Morgan fingerprint density at radius 3 is 1.83 bits per heavy atom. The van der Waals surface area contributed by atoms with Crippen molar-refractivity contribution in [3.05, 3.63) is 91.5 Å². The van der Waals surface area contributed by atoms with Crippen LogP contribution in [0.5, 0.6) is 0 Å². The Hall–Kier alpha value is -1.17. The second kappa shape index (κ2) is 8.28. The second-order valence-corrected chi connectivity index (χ2v) is 8.45. The molecule has 0 bridgehead atoms. The van der Waals surface area contributed by atoms with Crippen molar-refractivity contribution in [2.75, 3.05) is 14.1 Å². The predicted molar refractivity (Wildman–Crippen MR) is 106 cm³/mol. The molecule has 1 aliphatic carbocycles. The normalized spacial score (nSPS) is 17.7. The molecule has 1 fully saturated rings. The van der Waals surface area contributed by atoms with E-state index in [1.807, 2.05) is 0 Å². The second-order valence-electron chi connectivity index (χ2n) is 6.26. The molecule has 2 heteroatoms. The van der Waals surface area contributed by atoms with E-state index in [0.717, 1.165) is 6.42 Å². The van der Waals surface area contributed by atoms with Crippen LogP contribution in [-0.2, 0) is 0 Å². The zero-order valence-electron chi connectivity index (χ0n) is 14.7. The van der Waals surface area contributed by atoms with E-state index in [-0.39, 0.29) is 0 Å². The van der Waals surface area contributed by atoms with Crippen LogP contribution in [0.25, 0.3) is 0 Å². The van der Waals surface area contributed by atoms with Crippen molar-refractivity contribution >= 4 is 18.5 Å². The van der Waals surface area contributed by atoms with E-state index in [2.05, 4.69) is 106 Å². The average molecular weight is 334 g/mol. The van der Waals surface area contributed by atoms with Crippen LogP contribution in [-0.4, -0.2) is 25.0 Å². The van der Waals surface area contributed by atoms with Crippen molar-refractivity contribution < 1.29 is 0 Å². The third-order valence-electron chi connectivity index (χ3n) is 4.46. The van der Waals surface area contributed by atoms with Gasteiger partial charge in [0.05, 0.1) is 0 Å². The highest BCUT2D eigenvalue weighted by Crippen LogP contribution is 2.57. The van der Waals surface area contributed by atoms with Gasteiger partial charge >= 0.3 is 0 Å². The van der Waals surface area contributed by atoms with E-state index < -0.39 is 7.92 Å². The molecule has 0 aromatic heterocycles. The average Bonchev–Trinajstić information content (AvgIpc) is 3.06. The van der Waals surface area contributed by atoms with E-state index in [0.29, 0.717) is 6.04 Å². The smallest absolute Gasteiger partial charge is 0.0211 e. The summed E-state index contributed by atoms with van der Waals surface area (Å²) in [6.07, 6.45) is 7.98. The number of benzene rings is 2. The van der Waals surface area contributed by atoms with Gasteiger partial charge in [-0.3, -0.25) is 0 Å². The number of hydrogen-bond acceptors (Lipinski definition) is 1. The quantitative estimate of drug-likeness (QED) is 0.716. The van der Waals surface area contributed by atoms with Gasteiger partial charge in [0.15, 0.2) is 0 Å². The van der Waals surface area contributed by atoms with Gasteiger partial charge < -0.3 is 4.90 Å². The summed E-state index contributed by atoms with van der Waals surface area (Å²) in [6.45, 7) is 2.27. The minimum Gasteiger partial charge on any atom is -0.306 e. The summed E-state index contributed by atoms with van der Waals surface area (Å²) in [5.41, 5.74) is 1.49. The van der Waals surface area contributed by atoms with E-state index in [1.54, 1.807) is 0 Å². The molecular weight excluding hydrogens is 309 g/mol. The molecule has 24 heavy (non-hydrogen) atoms. The minimum absolute atomic E-state index is 0.465. The van der Waals surface area contributed by atoms with E-state index in [1.165, 1.54) is 22.2 Å². The van der Waals surface area contributed by atoms with Gasteiger partial charge in [-0.05, 0) is 58.3 Å². The molecule has 0 spiro atoms. The van der Waals surface area contributed by atoms with Crippen molar-refractivity contribution in [2.24, 2.45) is 0 Å². The van der Waals surface area contributed by atoms with Crippen LogP contribution in [0.1, 0.15) is 13.3 Å². The van der Waals surface area contributed by atoms with Crippen LogP contribution in [0, 0.1) is 30.8 Å². The molecule has 123 valence electrons. The molecule has 0 saturated heterocycles. The molecular formula is C22H25NP. The summed E-state index contributed by atoms with van der Waals surface area (Å²) in [5.74, 6) is 1.47. The van der Waals surface area contributed by atoms with Crippen LogP contribution < -0.4 is 10.6 Å². The first kappa shape index (κ1) is 17.6. The van der Waals surface area contributed by atoms with E-state index in [4.69, 9.17) is 0 Å². The Bertz CT molecular complexity index is 571. The molecule has 0 heterocycles. The first-order chi connectivity index (χ1) is 11.7. The van der Waals surface area contributed by atoms with Gasteiger partial charge in [-0.1, -0.05) is 67.6 Å². The van der Waals surface area contributed by atoms with Crippen LogP contribution in [0.4, 0.5) is 0 Å². The fourth-order valence-electron chi connectivity index (χ4n) is 3.35. The van der Waals surface area contributed by atoms with Crippen molar-refractivity contribution in [3.8, 4) is 0 Å². The largest absolute Gasteiger partial charge is 0.306 e. The Balaban J connectivity index is 1.99. The number of hydrogen-bond donors (Lipinski definition) is 0. The van der Waals surface area contributed by atoms with Gasteiger partial charge in [0, 0.05) is 17.6 Å². The topological polar surface area (TPSA) is 3.24 Å². The van der Waals surface area contributed by atoms with Gasteiger partial charge in [-0.25, -0.2) is 0 Å². The van der Waals surface area contributed by atoms with Crippen molar-refractivity contribution in [3.63, 3.8) is 0 Å². The van der Waals surface area contributed by atoms with Gasteiger partial charge in [0.1, 0.15) is 0 Å². The molecule has 1 atom stereocenters. The zero-order valence-corrected chi connectivity index (χ0v) is 15.6. The molecule has 1 saturated carbocycles. The molecule has 0 N–H and O–H groups in total. The molecule has 5 radical (unpaired) electrons. The van der Waals surface area contributed by atoms with Crippen molar-refractivity contribution in [2.45, 2.75) is 19.4 Å². The number of rotatable bonds is 6. The SMILES string of the molecule is CC[C@H]([C]1[CH][CH][CH][C]1P(c1ccccc1)c1ccccc1)N(C)C. The maximum atomic E-state index is 2.34. The van der Waals surface area contributed by atoms with Crippen molar-refractivity contribution in [1.82, 2.24) is 4.90 Å².